The van der Waals surface area contributed by atoms with Crippen molar-refractivity contribution in [1.82, 2.24) is 5.32 Å². The average molecular weight is 290 g/mol. The van der Waals surface area contributed by atoms with E-state index in [1.54, 1.807) is 0 Å². The summed E-state index contributed by atoms with van der Waals surface area (Å²) in [5.41, 5.74) is 3.95. The third-order valence-electron chi connectivity index (χ3n) is 4.33. The Hall–Kier alpha value is -1.06. The fourth-order valence-electron chi connectivity index (χ4n) is 3.13. The second kappa shape index (κ2) is 7.81. The van der Waals surface area contributed by atoms with Gasteiger partial charge in [0.1, 0.15) is 0 Å². The van der Waals surface area contributed by atoms with Crippen LogP contribution in [-0.2, 0) is 6.54 Å². The molecule has 3 heteroatoms. The highest BCUT2D eigenvalue weighted by Gasteiger charge is 2.22. The molecule has 2 N–H and O–H groups in total. The molecule has 2 rings (SSSR count). The Morgan fingerprint density at radius 2 is 2.10 bits per heavy atom. The molecule has 118 valence electrons. The van der Waals surface area contributed by atoms with Gasteiger partial charge in [-0.25, -0.2) is 0 Å². The van der Waals surface area contributed by atoms with E-state index < -0.39 is 0 Å². The summed E-state index contributed by atoms with van der Waals surface area (Å²) >= 11 is 0. The molecule has 1 unspecified atom stereocenters. The lowest BCUT2D eigenvalue weighted by atomic mass is 10.0. The molecule has 1 aliphatic rings. The van der Waals surface area contributed by atoms with Gasteiger partial charge in [-0.05, 0) is 31.4 Å². The Morgan fingerprint density at radius 1 is 1.29 bits per heavy atom. The van der Waals surface area contributed by atoms with Crippen molar-refractivity contribution in [3.8, 4) is 0 Å². The van der Waals surface area contributed by atoms with Crippen molar-refractivity contribution in [2.24, 2.45) is 0 Å². The highest BCUT2D eigenvalue weighted by atomic mass is 16.3. The highest BCUT2D eigenvalue weighted by Crippen LogP contribution is 2.28. The minimum absolute atomic E-state index is 0.255. The smallest absolute Gasteiger partial charge is 0.0635 e. The minimum atomic E-state index is 0.255. The van der Waals surface area contributed by atoms with E-state index in [4.69, 9.17) is 0 Å². The molecule has 0 spiro atoms. The lowest BCUT2D eigenvalue weighted by Gasteiger charge is -2.33. The van der Waals surface area contributed by atoms with Gasteiger partial charge in [0, 0.05) is 24.8 Å². The van der Waals surface area contributed by atoms with Crippen molar-refractivity contribution in [3.63, 3.8) is 0 Å². The van der Waals surface area contributed by atoms with Crippen molar-refractivity contribution in [2.45, 2.75) is 65.1 Å². The number of nitrogens with one attached hydrogen (secondary N) is 1. The van der Waals surface area contributed by atoms with Gasteiger partial charge in [0.25, 0.3) is 0 Å². The van der Waals surface area contributed by atoms with Crippen LogP contribution in [0.5, 0.6) is 0 Å². The second-order valence-corrected chi connectivity index (χ2v) is 6.55. The van der Waals surface area contributed by atoms with Crippen molar-refractivity contribution >= 4 is 5.69 Å². The zero-order chi connectivity index (χ0) is 15.2. The van der Waals surface area contributed by atoms with Crippen LogP contribution < -0.4 is 10.2 Å². The van der Waals surface area contributed by atoms with Crippen molar-refractivity contribution in [2.75, 3.05) is 18.1 Å². The molecule has 1 aromatic rings. The van der Waals surface area contributed by atoms with E-state index in [1.807, 2.05) is 0 Å². The van der Waals surface area contributed by atoms with Gasteiger partial charge < -0.3 is 15.3 Å². The van der Waals surface area contributed by atoms with E-state index in [2.05, 4.69) is 49.2 Å². The van der Waals surface area contributed by atoms with Crippen molar-refractivity contribution in [3.05, 3.63) is 29.3 Å². The zero-order valence-electron chi connectivity index (χ0n) is 13.7. The normalized spacial score (nSPS) is 19.9. The second-order valence-electron chi connectivity index (χ2n) is 6.55. The summed E-state index contributed by atoms with van der Waals surface area (Å²) in [7, 11) is 0. The molecule has 1 fully saturated rings. The molecule has 0 bridgehead atoms. The monoisotopic (exact) mass is 290 g/mol. The van der Waals surface area contributed by atoms with Crippen molar-refractivity contribution in [1.29, 1.82) is 0 Å². The van der Waals surface area contributed by atoms with Crippen LogP contribution in [0, 0.1) is 6.92 Å². The average Bonchev–Trinajstić information content (AvgIpc) is 2.70. The Kier molecular flexibility index (Phi) is 6.07. The molecule has 21 heavy (non-hydrogen) atoms. The van der Waals surface area contributed by atoms with Crippen LogP contribution >= 0.6 is 0 Å². The minimum Gasteiger partial charge on any atom is -0.394 e. The maximum absolute atomic E-state index is 9.75. The number of anilines is 1. The predicted molar refractivity (Wildman–Crippen MR) is 89.8 cm³/mol. The fraction of sp³-hybridized carbons (Fsp3) is 0.667. The molecule has 1 saturated heterocycles. The molecule has 0 aliphatic carbocycles. The van der Waals surface area contributed by atoms with Gasteiger partial charge in [-0.15, -0.1) is 0 Å². The van der Waals surface area contributed by atoms with Crippen LogP contribution in [0.15, 0.2) is 18.2 Å². The number of hydrogen-bond donors (Lipinski definition) is 2. The lowest BCUT2D eigenvalue weighted by molar-refractivity contribution is 0.255. The van der Waals surface area contributed by atoms with Gasteiger partial charge in [-0.2, -0.15) is 0 Å². The van der Waals surface area contributed by atoms with E-state index in [0.29, 0.717) is 6.04 Å². The van der Waals surface area contributed by atoms with Crippen LogP contribution in [0.2, 0.25) is 0 Å². The van der Waals surface area contributed by atoms with Gasteiger partial charge in [-0.3, -0.25) is 0 Å². The standard InChI is InChI=1S/C18H30N2O/c1-14(2)19-12-16-11-15(3)8-9-18(16)20-10-6-4-5-7-17(20)13-21/h8-9,11,14,17,19,21H,4-7,10,12-13H2,1-3H3. The number of aryl methyl sites for hydroxylation is 1. The van der Waals surface area contributed by atoms with Crippen LogP contribution in [0.1, 0.15) is 50.7 Å². The SMILES string of the molecule is Cc1ccc(N2CCCCCC2CO)c(CNC(C)C)c1. The molecule has 3 nitrogen and oxygen atoms in total. The van der Waals surface area contributed by atoms with Crippen LogP contribution in [-0.4, -0.2) is 30.3 Å². The number of aliphatic hydroxyl groups is 1. The summed E-state index contributed by atoms with van der Waals surface area (Å²) in [6, 6.07) is 7.46. The third kappa shape index (κ3) is 4.45. The van der Waals surface area contributed by atoms with E-state index in [9.17, 15) is 5.11 Å². The first-order valence-corrected chi connectivity index (χ1v) is 8.32. The first-order valence-electron chi connectivity index (χ1n) is 8.32. The largest absolute Gasteiger partial charge is 0.394 e. The number of nitrogens with zero attached hydrogens (tertiary/aromatic N) is 1. The van der Waals surface area contributed by atoms with E-state index in [1.165, 1.54) is 36.1 Å². The summed E-state index contributed by atoms with van der Waals surface area (Å²) < 4.78 is 0. The Labute approximate surface area is 129 Å². The molecule has 0 saturated carbocycles. The molecule has 0 radical (unpaired) electrons. The summed E-state index contributed by atoms with van der Waals surface area (Å²) in [5.74, 6) is 0. The maximum Gasteiger partial charge on any atom is 0.0635 e. The Morgan fingerprint density at radius 3 is 2.81 bits per heavy atom. The number of rotatable bonds is 5. The van der Waals surface area contributed by atoms with Crippen molar-refractivity contribution < 1.29 is 5.11 Å². The lowest BCUT2D eigenvalue weighted by Crippen LogP contribution is -2.38. The Balaban J connectivity index is 2.26. The summed E-state index contributed by atoms with van der Waals surface area (Å²) in [4.78, 5) is 2.43. The van der Waals surface area contributed by atoms with E-state index >= 15 is 0 Å². The van der Waals surface area contributed by atoms with Crippen LogP contribution in [0.4, 0.5) is 5.69 Å². The summed E-state index contributed by atoms with van der Waals surface area (Å²) in [5, 5.41) is 13.3. The molecule has 1 aliphatic heterocycles. The maximum atomic E-state index is 9.75. The topological polar surface area (TPSA) is 35.5 Å². The molecular weight excluding hydrogens is 260 g/mol. The van der Waals surface area contributed by atoms with E-state index in [0.717, 1.165) is 19.5 Å². The fourth-order valence-corrected chi connectivity index (χ4v) is 3.13. The van der Waals surface area contributed by atoms with Gasteiger partial charge in [0.05, 0.1) is 12.6 Å². The van der Waals surface area contributed by atoms with Gasteiger partial charge in [0.2, 0.25) is 0 Å². The molecule has 1 heterocycles. The summed E-state index contributed by atoms with van der Waals surface area (Å²) in [6.45, 7) is 8.71. The van der Waals surface area contributed by atoms with E-state index in [-0.39, 0.29) is 12.6 Å². The molecular formula is C18H30N2O. The number of benzene rings is 1. The zero-order valence-corrected chi connectivity index (χ0v) is 13.7. The van der Waals surface area contributed by atoms with Gasteiger partial charge in [0.15, 0.2) is 0 Å². The van der Waals surface area contributed by atoms with Crippen LogP contribution in [0.3, 0.4) is 0 Å². The first-order chi connectivity index (χ1) is 10.1. The predicted octanol–water partition coefficient (Wildman–Crippen LogP) is 3.23. The number of hydrogen-bond acceptors (Lipinski definition) is 3. The molecule has 0 amide bonds. The molecule has 1 aromatic carbocycles. The first kappa shape index (κ1) is 16.3. The van der Waals surface area contributed by atoms with Crippen LogP contribution in [0.25, 0.3) is 0 Å². The van der Waals surface area contributed by atoms with Gasteiger partial charge >= 0.3 is 0 Å². The van der Waals surface area contributed by atoms with Gasteiger partial charge in [-0.1, -0.05) is 44.4 Å². The third-order valence-corrected chi connectivity index (χ3v) is 4.33. The molecule has 0 aromatic heterocycles. The highest BCUT2D eigenvalue weighted by molar-refractivity contribution is 5.56. The summed E-state index contributed by atoms with van der Waals surface area (Å²) in [6.07, 6.45) is 4.83. The Bertz CT molecular complexity index is 445. The quantitative estimate of drug-likeness (QED) is 0.874. The molecule has 1 atom stereocenters. The number of aliphatic hydroxyl groups excluding tert-OH is 1.